The summed E-state index contributed by atoms with van der Waals surface area (Å²) in [6.07, 6.45) is 4.55. The Kier molecular flexibility index (Phi) is 11.1. The third kappa shape index (κ3) is 9.01. The summed E-state index contributed by atoms with van der Waals surface area (Å²) in [6, 6.07) is 4.21. The van der Waals surface area contributed by atoms with Crippen LogP contribution in [-0.2, 0) is 24.3 Å². The van der Waals surface area contributed by atoms with Gasteiger partial charge >= 0.3 is 5.97 Å². The van der Waals surface area contributed by atoms with Gasteiger partial charge in [-0.3, -0.25) is 9.59 Å². The quantitative estimate of drug-likeness (QED) is 0.320. The number of halogens is 1. The van der Waals surface area contributed by atoms with Crippen molar-refractivity contribution in [3.8, 4) is 0 Å². The highest BCUT2D eigenvalue weighted by Crippen LogP contribution is 2.14. The number of unbranched alkanes of at least 4 members (excludes halogenated alkanes) is 4. The van der Waals surface area contributed by atoms with E-state index in [-0.39, 0.29) is 10.9 Å². The summed E-state index contributed by atoms with van der Waals surface area (Å²) in [5.74, 6) is -0.811. The highest BCUT2D eigenvalue weighted by atomic mass is 35.5. The lowest BCUT2D eigenvalue weighted by Gasteiger charge is -2.16. The summed E-state index contributed by atoms with van der Waals surface area (Å²) in [4.78, 5) is 23.0. The number of ether oxygens (including phenoxy) is 1. The number of hydrogen-bond donors (Lipinski definition) is 3. The van der Waals surface area contributed by atoms with Crippen LogP contribution in [0.3, 0.4) is 0 Å². The minimum Gasteiger partial charge on any atom is -0.469 e. The molecular formula is C18H27ClN2O6S. The maximum absolute atomic E-state index is 12.3. The molecule has 1 atom stereocenters. The van der Waals surface area contributed by atoms with Gasteiger partial charge in [-0.15, -0.1) is 0 Å². The molecule has 0 aromatic heterocycles. The third-order valence-electron chi connectivity index (χ3n) is 4.00. The van der Waals surface area contributed by atoms with Gasteiger partial charge in [0, 0.05) is 18.0 Å². The van der Waals surface area contributed by atoms with Gasteiger partial charge in [0.1, 0.15) is 6.04 Å². The standard InChI is InChI=1S/C18H27ClN2O6S/c1-27-17(23)7-5-3-2-4-6-12-20-18(24)16(13-22)21-28(25,26)15-10-8-14(19)9-11-15/h8-11,16,21-22H,2-7,12-13H2,1H3,(H,20,24). The number of esters is 1. The summed E-state index contributed by atoms with van der Waals surface area (Å²) in [5.41, 5.74) is 0. The minimum absolute atomic E-state index is 0.0462. The predicted molar refractivity (Wildman–Crippen MR) is 105 cm³/mol. The van der Waals surface area contributed by atoms with E-state index in [1.54, 1.807) is 0 Å². The number of amides is 1. The molecule has 0 radical (unpaired) electrons. The molecule has 0 fully saturated rings. The first-order valence-corrected chi connectivity index (χ1v) is 10.9. The van der Waals surface area contributed by atoms with Gasteiger partial charge in [-0.25, -0.2) is 8.42 Å². The lowest BCUT2D eigenvalue weighted by atomic mass is 10.1. The fourth-order valence-electron chi connectivity index (χ4n) is 2.40. The Hall–Kier alpha value is -1.68. The Morgan fingerprint density at radius 3 is 2.32 bits per heavy atom. The average molecular weight is 435 g/mol. The van der Waals surface area contributed by atoms with Crippen LogP contribution in [0.4, 0.5) is 0 Å². The highest BCUT2D eigenvalue weighted by molar-refractivity contribution is 7.89. The second-order valence-corrected chi connectivity index (χ2v) is 8.35. The van der Waals surface area contributed by atoms with Crippen molar-refractivity contribution in [3.05, 3.63) is 29.3 Å². The topological polar surface area (TPSA) is 122 Å². The Morgan fingerprint density at radius 1 is 1.11 bits per heavy atom. The molecule has 1 rings (SSSR count). The van der Waals surface area contributed by atoms with Crippen LogP contribution in [0.5, 0.6) is 0 Å². The first-order valence-electron chi connectivity index (χ1n) is 9.03. The van der Waals surface area contributed by atoms with Crippen molar-refractivity contribution in [3.63, 3.8) is 0 Å². The van der Waals surface area contributed by atoms with Crippen molar-refractivity contribution in [1.29, 1.82) is 0 Å². The van der Waals surface area contributed by atoms with Gasteiger partial charge in [-0.2, -0.15) is 4.72 Å². The van der Waals surface area contributed by atoms with E-state index in [2.05, 4.69) is 14.8 Å². The van der Waals surface area contributed by atoms with Gasteiger partial charge in [0.2, 0.25) is 15.9 Å². The van der Waals surface area contributed by atoms with Crippen molar-refractivity contribution in [2.75, 3.05) is 20.3 Å². The third-order valence-corrected chi connectivity index (χ3v) is 5.74. The van der Waals surface area contributed by atoms with E-state index in [1.165, 1.54) is 31.4 Å². The van der Waals surface area contributed by atoms with Gasteiger partial charge in [0.15, 0.2) is 0 Å². The molecule has 0 saturated heterocycles. The molecule has 0 bridgehead atoms. The lowest BCUT2D eigenvalue weighted by Crippen LogP contribution is -2.49. The fraction of sp³-hybridized carbons (Fsp3) is 0.556. The summed E-state index contributed by atoms with van der Waals surface area (Å²) < 4.78 is 31.3. The van der Waals surface area contributed by atoms with Crippen molar-refractivity contribution in [1.82, 2.24) is 10.0 Å². The normalized spacial score (nSPS) is 12.4. The van der Waals surface area contributed by atoms with E-state index in [1.807, 2.05) is 0 Å². The van der Waals surface area contributed by atoms with Crippen molar-refractivity contribution >= 4 is 33.5 Å². The van der Waals surface area contributed by atoms with Crippen molar-refractivity contribution in [2.45, 2.75) is 49.5 Å². The number of carbonyl (C=O) groups is 2. The smallest absolute Gasteiger partial charge is 0.305 e. The van der Waals surface area contributed by atoms with Crippen LogP contribution in [-0.4, -0.2) is 51.7 Å². The number of rotatable bonds is 13. The fourth-order valence-corrected chi connectivity index (χ4v) is 3.72. The van der Waals surface area contributed by atoms with Gasteiger partial charge in [0.25, 0.3) is 0 Å². The van der Waals surface area contributed by atoms with Gasteiger partial charge in [-0.1, -0.05) is 30.9 Å². The molecule has 1 aromatic carbocycles. The molecule has 0 saturated carbocycles. The van der Waals surface area contributed by atoms with Crippen LogP contribution in [0.1, 0.15) is 38.5 Å². The molecule has 28 heavy (non-hydrogen) atoms. The van der Waals surface area contributed by atoms with E-state index in [0.717, 1.165) is 25.7 Å². The van der Waals surface area contributed by atoms with Crippen molar-refractivity contribution in [2.24, 2.45) is 0 Å². The Morgan fingerprint density at radius 2 is 1.71 bits per heavy atom. The SMILES string of the molecule is COC(=O)CCCCCCCNC(=O)C(CO)NS(=O)(=O)c1ccc(Cl)cc1. The monoisotopic (exact) mass is 434 g/mol. The van der Waals surface area contributed by atoms with Crippen LogP contribution in [0.15, 0.2) is 29.2 Å². The number of aliphatic hydroxyl groups is 1. The van der Waals surface area contributed by atoms with E-state index in [4.69, 9.17) is 11.6 Å². The Balaban J connectivity index is 2.33. The zero-order valence-corrected chi connectivity index (χ0v) is 17.4. The highest BCUT2D eigenvalue weighted by Gasteiger charge is 2.24. The first-order chi connectivity index (χ1) is 13.3. The Bertz CT molecular complexity index is 724. The molecule has 1 aromatic rings. The maximum Gasteiger partial charge on any atom is 0.305 e. The molecular weight excluding hydrogens is 408 g/mol. The van der Waals surface area contributed by atoms with Gasteiger partial charge in [-0.05, 0) is 37.1 Å². The van der Waals surface area contributed by atoms with E-state index < -0.39 is 28.6 Å². The first kappa shape index (κ1) is 24.4. The largest absolute Gasteiger partial charge is 0.469 e. The number of benzene rings is 1. The minimum atomic E-state index is -3.96. The molecule has 0 aliphatic carbocycles. The van der Waals surface area contributed by atoms with Crippen LogP contribution >= 0.6 is 11.6 Å². The molecule has 0 aliphatic heterocycles. The number of nitrogens with one attached hydrogen (secondary N) is 2. The number of aliphatic hydroxyl groups excluding tert-OH is 1. The van der Waals surface area contributed by atoms with E-state index in [0.29, 0.717) is 24.4 Å². The predicted octanol–water partition coefficient (Wildman–Crippen LogP) is 1.61. The summed E-state index contributed by atoms with van der Waals surface area (Å²) >= 11 is 5.74. The van der Waals surface area contributed by atoms with Gasteiger partial charge in [0.05, 0.1) is 18.6 Å². The van der Waals surface area contributed by atoms with Crippen LogP contribution in [0.25, 0.3) is 0 Å². The summed E-state index contributed by atoms with van der Waals surface area (Å²) in [7, 11) is -2.59. The molecule has 1 unspecified atom stereocenters. The second-order valence-electron chi connectivity index (χ2n) is 6.20. The molecule has 8 nitrogen and oxygen atoms in total. The second kappa shape index (κ2) is 12.7. The molecule has 10 heteroatoms. The van der Waals surface area contributed by atoms with E-state index >= 15 is 0 Å². The van der Waals surface area contributed by atoms with Gasteiger partial charge < -0.3 is 15.2 Å². The molecule has 0 aliphatic rings. The average Bonchev–Trinajstić information content (AvgIpc) is 2.68. The molecule has 1 amide bonds. The van der Waals surface area contributed by atoms with Crippen LogP contribution < -0.4 is 10.0 Å². The lowest BCUT2D eigenvalue weighted by molar-refractivity contribution is -0.140. The van der Waals surface area contributed by atoms with Crippen LogP contribution in [0.2, 0.25) is 5.02 Å². The van der Waals surface area contributed by atoms with Crippen LogP contribution in [0, 0.1) is 0 Å². The number of sulfonamides is 1. The zero-order valence-electron chi connectivity index (χ0n) is 15.8. The number of carbonyl (C=O) groups excluding carboxylic acids is 2. The maximum atomic E-state index is 12.3. The summed E-state index contributed by atoms with van der Waals surface area (Å²) in [6.45, 7) is -0.290. The zero-order chi connectivity index (χ0) is 21.0. The molecule has 0 heterocycles. The summed E-state index contributed by atoms with van der Waals surface area (Å²) in [5, 5.41) is 12.4. The van der Waals surface area contributed by atoms with E-state index in [9.17, 15) is 23.1 Å². The molecule has 0 spiro atoms. The van der Waals surface area contributed by atoms with Crippen molar-refractivity contribution < 1.29 is 27.9 Å². The molecule has 3 N–H and O–H groups in total. The number of methoxy groups -OCH3 is 1. The Labute approximate surface area is 170 Å². The number of hydrogen-bond acceptors (Lipinski definition) is 6. The molecule has 158 valence electrons.